The van der Waals surface area contributed by atoms with Crippen LogP contribution in [0.3, 0.4) is 0 Å². The second kappa shape index (κ2) is 7.78. The lowest BCUT2D eigenvalue weighted by Gasteiger charge is -2.09. The number of aromatic nitrogens is 2. The van der Waals surface area contributed by atoms with Crippen molar-refractivity contribution in [3.63, 3.8) is 0 Å². The highest BCUT2D eigenvalue weighted by molar-refractivity contribution is 6.32. The first-order valence-electron chi connectivity index (χ1n) is 6.13. The first-order valence-corrected chi connectivity index (χ1v) is 6.51. The van der Waals surface area contributed by atoms with Gasteiger partial charge in [0.1, 0.15) is 5.02 Å². The minimum atomic E-state index is -0.243. The molecule has 5 heteroatoms. The second-order valence-corrected chi connectivity index (χ2v) is 4.37. The summed E-state index contributed by atoms with van der Waals surface area (Å²) in [4.78, 5) is 11.8. The molecular weight excluding hydrogens is 250 g/mol. The van der Waals surface area contributed by atoms with E-state index in [1.165, 1.54) is 4.68 Å². The lowest BCUT2D eigenvalue weighted by Crippen LogP contribution is -2.24. The average Bonchev–Trinajstić information content (AvgIpc) is 2.37. The molecule has 1 aromatic heterocycles. The monoisotopic (exact) mass is 267 g/mol. The summed E-state index contributed by atoms with van der Waals surface area (Å²) in [5, 5.41) is 7.38. The van der Waals surface area contributed by atoms with Crippen LogP contribution in [0.15, 0.2) is 11.0 Å². The maximum absolute atomic E-state index is 11.8. The number of halogens is 1. The summed E-state index contributed by atoms with van der Waals surface area (Å²) < 4.78 is 1.38. The number of nitrogens with zero attached hydrogens (tertiary/aromatic N) is 2. The third kappa shape index (κ3) is 4.08. The normalized spacial score (nSPS) is 10.1. The molecule has 0 saturated carbocycles. The molecule has 0 radical (unpaired) electrons. The Kier molecular flexibility index (Phi) is 6.31. The zero-order valence-corrected chi connectivity index (χ0v) is 11.3. The molecule has 0 unspecified atom stereocenters. The molecule has 0 aliphatic heterocycles. The van der Waals surface area contributed by atoms with Crippen molar-refractivity contribution in [1.29, 1.82) is 0 Å². The van der Waals surface area contributed by atoms with Crippen LogP contribution in [-0.2, 0) is 6.54 Å². The Morgan fingerprint density at radius 1 is 1.56 bits per heavy atom. The van der Waals surface area contributed by atoms with E-state index in [4.69, 9.17) is 18.0 Å². The van der Waals surface area contributed by atoms with Crippen molar-refractivity contribution in [1.82, 2.24) is 9.78 Å². The van der Waals surface area contributed by atoms with Gasteiger partial charge in [0.15, 0.2) is 0 Å². The molecule has 0 aliphatic rings. The van der Waals surface area contributed by atoms with E-state index < -0.39 is 0 Å². The van der Waals surface area contributed by atoms with E-state index in [-0.39, 0.29) is 10.6 Å². The van der Waals surface area contributed by atoms with Crippen molar-refractivity contribution in [2.24, 2.45) is 0 Å². The fourth-order valence-corrected chi connectivity index (χ4v) is 1.75. The predicted molar refractivity (Wildman–Crippen MR) is 75.0 cm³/mol. The Hall–Kier alpha value is -1.47. The molecule has 0 saturated heterocycles. The van der Waals surface area contributed by atoms with Crippen molar-refractivity contribution in [2.75, 3.05) is 11.9 Å². The molecule has 0 aliphatic carbocycles. The largest absolute Gasteiger partial charge is 0.382 e. The van der Waals surface area contributed by atoms with Gasteiger partial charge in [-0.3, -0.25) is 4.79 Å². The molecular formula is C13H18ClN3O. The van der Waals surface area contributed by atoms with Crippen LogP contribution in [0, 0.1) is 12.3 Å². The predicted octanol–water partition coefficient (Wildman–Crippen LogP) is 2.52. The second-order valence-electron chi connectivity index (χ2n) is 3.99. The van der Waals surface area contributed by atoms with Crippen LogP contribution in [0.4, 0.5) is 5.69 Å². The summed E-state index contributed by atoms with van der Waals surface area (Å²) in [7, 11) is 0. The average molecular weight is 268 g/mol. The van der Waals surface area contributed by atoms with Gasteiger partial charge < -0.3 is 5.32 Å². The molecule has 4 nitrogen and oxygen atoms in total. The lowest BCUT2D eigenvalue weighted by atomic mass is 10.2. The Morgan fingerprint density at radius 2 is 2.33 bits per heavy atom. The number of unbranched alkanes of at least 4 members (excludes halogenated alkanes) is 2. The van der Waals surface area contributed by atoms with Gasteiger partial charge in [0, 0.05) is 19.5 Å². The molecule has 18 heavy (non-hydrogen) atoms. The van der Waals surface area contributed by atoms with Gasteiger partial charge in [-0.2, -0.15) is 5.10 Å². The number of terminal acetylenes is 1. The summed E-state index contributed by atoms with van der Waals surface area (Å²) in [6.45, 7) is 3.31. The molecule has 1 aromatic rings. The Morgan fingerprint density at radius 3 is 3.00 bits per heavy atom. The highest BCUT2D eigenvalue weighted by Crippen LogP contribution is 2.15. The SMILES string of the molecule is C#CCCCCNc1cnn(CCC)c(=O)c1Cl. The molecule has 0 atom stereocenters. The molecule has 1 heterocycles. The van der Waals surface area contributed by atoms with E-state index in [2.05, 4.69) is 16.3 Å². The van der Waals surface area contributed by atoms with Gasteiger partial charge in [-0.25, -0.2) is 4.68 Å². The summed E-state index contributed by atoms with van der Waals surface area (Å²) in [5.41, 5.74) is 0.349. The molecule has 1 N–H and O–H groups in total. The van der Waals surface area contributed by atoms with Crippen LogP contribution in [0.1, 0.15) is 32.6 Å². The Labute approximate surface area is 112 Å². The highest BCUT2D eigenvalue weighted by atomic mass is 35.5. The van der Waals surface area contributed by atoms with Gasteiger partial charge >= 0.3 is 0 Å². The van der Waals surface area contributed by atoms with E-state index in [1.54, 1.807) is 6.20 Å². The number of hydrogen-bond donors (Lipinski definition) is 1. The fraction of sp³-hybridized carbons (Fsp3) is 0.538. The lowest BCUT2D eigenvalue weighted by molar-refractivity contribution is 0.568. The van der Waals surface area contributed by atoms with Crippen LogP contribution in [0.5, 0.6) is 0 Å². The summed E-state index contributed by atoms with van der Waals surface area (Å²) in [5.74, 6) is 2.59. The van der Waals surface area contributed by atoms with E-state index >= 15 is 0 Å². The van der Waals surface area contributed by atoms with Crippen molar-refractivity contribution in [2.45, 2.75) is 39.2 Å². The summed E-state index contributed by atoms with van der Waals surface area (Å²) >= 11 is 6.01. The summed E-state index contributed by atoms with van der Waals surface area (Å²) in [6.07, 6.45) is 10.3. The minimum Gasteiger partial charge on any atom is -0.382 e. The number of anilines is 1. The molecule has 0 aromatic carbocycles. The molecule has 0 fully saturated rings. The van der Waals surface area contributed by atoms with E-state index in [0.29, 0.717) is 12.2 Å². The van der Waals surface area contributed by atoms with Crippen LogP contribution >= 0.6 is 11.6 Å². The van der Waals surface area contributed by atoms with E-state index in [1.807, 2.05) is 6.92 Å². The maximum Gasteiger partial charge on any atom is 0.287 e. The van der Waals surface area contributed by atoms with Gasteiger partial charge in [-0.15, -0.1) is 12.3 Å². The third-order valence-corrected chi connectivity index (χ3v) is 2.85. The Bertz CT molecular complexity index is 476. The van der Waals surface area contributed by atoms with Crippen LogP contribution in [0.2, 0.25) is 5.02 Å². The summed E-state index contributed by atoms with van der Waals surface area (Å²) in [6, 6.07) is 0. The van der Waals surface area contributed by atoms with Crippen LogP contribution < -0.4 is 10.9 Å². The van der Waals surface area contributed by atoms with Crippen LogP contribution in [0.25, 0.3) is 0 Å². The fourth-order valence-electron chi connectivity index (χ4n) is 1.53. The van der Waals surface area contributed by atoms with Gasteiger partial charge in [-0.1, -0.05) is 18.5 Å². The Balaban J connectivity index is 2.60. The molecule has 0 spiro atoms. The molecule has 0 amide bonds. The number of nitrogens with one attached hydrogen (secondary N) is 1. The first kappa shape index (κ1) is 14.6. The number of rotatable bonds is 7. The third-order valence-electron chi connectivity index (χ3n) is 2.48. The topological polar surface area (TPSA) is 46.9 Å². The van der Waals surface area contributed by atoms with E-state index in [0.717, 1.165) is 32.2 Å². The molecule has 0 bridgehead atoms. The van der Waals surface area contributed by atoms with Gasteiger partial charge in [0.2, 0.25) is 0 Å². The van der Waals surface area contributed by atoms with Gasteiger partial charge in [0.25, 0.3) is 5.56 Å². The minimum absolute atomic E-state index is 0.204. The van der Waals surface area contributed by atoms with Crippen molar-refractivity contribution < 1.29 is 0 Å². The van der Waals surface area contributed by atoms with Crippen molar-refractivity contribution >= 4 is 17.3 Å². The van der Waals surface area contributed by atoms with Gasteiger partial charge in [0.05, 0.1) is 11.9 Å². The van der Waals surface area contributed by atoms with Crippen molar-refractivity contribution in [3.8, 4) is 12.3 Å². The molecule has 1 rings (SSSR count). The smallest absolute Gasteiger partial charge is 0.287 e. The number of hydrogen-bond acceptors (Lipinski definition) is 3. The molecule has 98 valence electrons. The zero-order chi connectivity index (χ0) is 13.4. The first-order chi connectivity index (χ1) is 8.70. The standard InChI is InChI=1S/C13H18ClN3O/c1-3-5-6-7-8-15-11-10-16-17(9-4-2)13(18)12(11)14/h1,10,15H,4-9H2,2H3. The number of aryl methyl sites for hydroxylation is 1. The van der Waals surface area contributed by atoms with E-state index in [9.17, 15) is 4.79 Å². The zero-order valence-electron chi connectivity index (χ0n) is 10.6. The van der Waals surface area contributed by atoms with Crippen molar-refractivity contribution in [3.05, 3.63) is 21.6 Å². The van der Waals surface area contributed by atoms with Crippen LogP contribution in [-0.4, -0.2) is 16.3 Å². The quantitative estimate of drug-likeness (QED) is 0.610. The highest BCUT2D eigenvalue weighted by Gasteiger charge is 2.07. The maximum atomic E-state index is 11.8. The van der Waals surface area contributed by atoms with Gasteiger partial charge in [-0.05, 0) is 19.3 Å².